The molecule has 2 aliphatic heterocycles. The molecule has 188 valence electrons. The summed E-state index contributed by atoms with van der Waals surface area (Å²) in [4.78, 5) is 17.8. The quantitative estimate of drug-likeness (QED) is 0.555. The number of fused-ring (bicyclic) bond motifs is 1. The molecule has 35 heavy (non-hydrogen) atoms. The number of aliphatic hydroxyl groups is 1. The van der Waals surface area contributed by atoms with Gasteiger partial charge in [0.1, 0.15) is 0 Å². The topological polar surface area (TPSA) is 65.0 Å². The molecule has 2 atom stereocenters. The number of hydrogen-bond donors (Lipinski definition) is 2. The van der Waals surface area contributed by atoms with Crippen LogP contribution in [0.4, 0.5) is 11.4 Å². The van der Waals surface area contributed by atoms with E-state index in [4.69, 9.17) is 4.74 Å². The highest BCUT2D eigenvalue weighted by Crippen LogP contribution is 2.36. The van der Waals surface area contributed by atoms with Crippen LogP contribution in [-0.2, 0) is 11.3 Å². The monoisotopic (exact) mass is 477 g/mol. The number of hydrogen-bond acceptors (Lipinski definition) is 5. The Morgan fingerprint density at radius 3 is 2.46 bits per heavy atom. The maximum atomic E-state index is 12.7. The van der Waals surface area contributed by atoms with Crippen LogP contribution in [0, 0.1) is 11.3 Å². The predicted octanol–water partition coefficient (Wildman–Crippen LogP) is 4.54. The fourth-order valence-corrected chi connectivity index (χ4v) is 5.60. The number of amides is 1. The summed E-state index contributed by atoms with van der Waals surface area (Å²) in [6, 6.07) is 16.5. The van der Waals surface area contributed by atoms with Gasteiger partial charge in [0.2, 0.25) is 0 Å². The molecule has 2 N–H and O–H groups in total. The molecule has 1 saturated carbocycles. The van der Waals surface area contributed by atoms with Crippen LogP contribution in [0.15, 0.2) is 48.5 Å². The van der Waals surface area contributed by atoms with Gasteiger partial charge in [-0.2, -0.15) is 0 Å². The summed E-state index contributed by atoms with van der Waals surface area (Å²) in [5.41, 5.74) is 3.72. The molecule has 3 fully saturated rings. The Kier molecular flexibility index (Phi) is 7.14. The van der Waals surface area contributed by atoms with Crippen LogP contribution in [-0.4, -0.2) is 60.8 Å². The predicted molar refractivity (Wildman–Crippen MR) is 140 cm³/mol. The van der Waals surface area contributed by atoms with Gasteiger partial charge < -0.3 is 25.0 Å². The molecule has 0 aromatic heterocycles. The maximum absolute atomic E-state index is 12.7. The van der Waals surface area contributed by atoms with Gasteiger partial charge in [0.05, 0.1) is 12.7 Å². The lowest BCUT2D eigenvalue weighted by molar-refractivity contribution is -0.00866. The summed E-state index contributed by atoms with van der Waals surface area (Å²) < 4.78 is 5.85. The average molecular weight is 478 g/mol. The second kappa shape index (κ2) is 10.3. The van der Waals surface area contributed by atoms with E-state index in [0.29, 0.717) is 30.2 Å². The van der Waals surface area contributed by atoms with Crippen LogP contribution in [0.1, 0.15) is 55.5 Å². The number of benzene rings is 2. The molecule has 2 aromatic rings. The normalized spacial score (nSPS) is 22.8. The molecule has 2 aromatic carbocycles. The number of nitrogens with one attached hydrogen (secondary N) is 1. The molecule has 3 aliphatic rings. The van der Waals surface area contributed by atoms with E-state index in [1.165, 1.54) is 31.4 Å². The van der Waals surface area contributed by atoms with Gasteiger partial charge in [0.25, 0.3) is 5.91 Å². The van der Waals surface area contributed by atoms with Gasteiger partial charge >= 0.3 is 0 Å². The number of likely N-dealkylation sites (tertiary alicyclic amines) is 1. The Balaban J connectivity index is 1.14. The van der Waals surface area contributed by atoms with E-state index in [-0.39, 0.29) is 17.9 Å². The summed E-state index contributed by atoms with van der Waals surface area (Å²) in [6.07, 6.45) is 5.23. The zero-order valence-electron chi connectivity index (χ0n) is 21.1. The molecule has 1 aliphatic carbocycles. The highest BCUT2D eigenvalue weighted by atomic mass is 16.5. The molecule has 1 amide bonds. The van der Waals surface area contributed by atoms with Gasteiger partial charge in [-0.3, -0.25) is 4.79 Å². The molecule has 6 heteroatoms. The molecule has 0 spiro atoms. The Morgan fingerprint density at radius 2 is 1.80 bits per heavy atom. The first-order valence-electron chi connectivity index (χ1n) is 13.1. The van der Waals surface area contributed by atoms with Crippen molar-refractivity contribution in [3.8, 4) is 0 Å². The third-order valence-electron chi connectivity index (χ3n) is 7.91. The first-order chi connectivity index (χ1) is 16.9. The lowest BCUT2D eigenvalue weighted by atomic mass is 9.94. The summed E-state index contributed by atoms with van der Waals surface area (Å²) >= 11 is 0. The van der Waals surface area contributed by atoms with Gasteiger partial charge in [0, 0.05) is 61.2 Å². The fraction of sp³-hybridized carbons (Fsp3) is 0.552. The molecule has 6 nitrogen and oxygen atoms in total. The van der Waals surface area contributed by atoms with E-state index in [9.17, 15) is 9.90 Å². The van der Waals surface area contributed by atoms with Gasteiger partial charge in [-0.05, 0) is 73.6 Å². The van der Waals surface area contributed by atoms with Crippen molar-refractivity contribution in [2.24, 2.45) is 11.3 Å². The molecule has 2 heterocycles. The average Bonchev–Trinajstić information content (AvgIpc) is 3.39. The lowest BCUT2D eigenvalue weighted by Gasteiger charge is -2.31. The van der Waals surface area contributed by atoms with E-state index < -0.39 is 0 Å². The molecule has 0 unspecified atom stereocenters. The van der Waals surface area contributed by atoms with Crippen molar-refractivity contribution < 1.29 is 14.6 Å². The first kappa shape index (κ1) is 24.3. The minimum atomic E-state index is -0.0941. The number of rotatable bonds is 9. The van der Waals surface area contributed by atoms with Crippen LogP contribution in [0.3, 0.4) is 0 Å². The van der Waals surface area contributed by atoms with E-state index in [1.807, 2.05) is 36.4 Å². The molecule has 5 rings (SSSR count). The van der Waals surface area contributed by atoms with Gasteiger partial charge in [-0.15, -0.1) is 0 Å². The summed E-state index contributed by atoms with van der Waals surface area (Å²) in [6.45, 7) is 9.27. The standard InChI is InChI=1S/C29H39N3O3/c1-29(2,20-33)19-31-16-23-14-15-32(27(23)17-31)25-12-10-24(11-13-25)30-28(34)22-8-6-21(7-9-22)18-35-26-4-3-5-26/h6-13,23,26-27,33H,3-5,14-20H2,1-2H3,(H,30,34)/t23-,27+/m1/s1. The van der Waals surface area contributed by atoms with E-state index in [2.05, 4.69) is 41.1 Å². The van der Waals surface area contributed by atoms with Gasteiger partial charge in [-0.1, -0.05) is 26.0 Å². The number of carbonyl (C=O) groups excluding carboxylic acids is 1. The lowest BCUT2D eigenvalue weighted by Crippen LogP contribution is -2.39. The number of anilines is 2. The second-order valence-corrected chi connectivity index (χ2v) is 11.4. The fourth-order valence-electron chi connectivity index (χ4n) is 5.60. The Hall–Kier alpha value is -2.41. The van der Waals surface area contributed by atoms with Crippen LogP contribution in [0.5, 0.6) is 0 Å². The number of carbonyl (C=O) groups is 1. The molecule has 0 radical (unpaired) electrons. The zero-order chi connectivity index (χ0) is 24.4. The number of nitrogens with zero attached hydrogens (tertiary/aromatic N) is 2. The van der Waals surface area contributed by atoms with Gasteiger partial charge in [-0.25, -0.2) is 0 Å². The SMILES string of the molecule is CC(C)(CO)CN1C[C@H]2CCN(c3ccc(NC(=O)c4ccc(COC5CCC5)cc4)cc3)[C@H]2C1. The van der Waals surface area contributed by atoms with E-state index in [0.717, 1.165) is 37.4 Å². The minimum Gasteiger partial charge on any atom is -0.396 e. The van der Waals surface area contributed by atoms with E-state index in [1.54, 1.807) is 0 Å². The number of aliphatic hydroxyl groups excluding tert-OH is 1. The zero-order valence-corrected chi connectivity index (χ0v) is 21.1. The van der Waals surface area contributed by atoms with Gasteiger partial charge in [0.15, 0.2) is 0 Å². The van der Waals surface area contributed by atoms with Crippen molar-refractivity contribution in [1.29, 1.82) is 0 Å². The molecule has 0 bridgehead atoms. The van der Waals surface area contributed by atoms with E-state index >= 15 is 0 Å². The van der Waals surface area contributed by atoms with Crippen molar-refractivity contribution >= 4 is 17.3 Å². The number of ether oxygens (including phenoxy) is 1. The largest absolute Gasteiger partial charge is 0.396 e. The third kappa shape index (κ3) is 5.71. The molecular formula is C29H39N3O3. The molecule has 2 saturated heterocycles. The van der Waals surface area contributed by atoms with Crippen LogP contribution < -0.4 is 10.2 Å². The van der Waals surface area contributed by atoms with Crippen molar-refractivity contribution in [3.63, 3.8) is 0 Å². The first-order valence-corrected chi connectivity index (χ1v) is 13.1. The van der Waals surface area contributed by atoms with Crippen LogP contribution in [0.2, 0.25) is 0 Å². The Morgan fingerprint density at radius 1 is 1.06 bits per heavy atom. The summed E-state index contributed by atoms with van der Waals surface area (Å²) in [5, 5.41) is 12.7. The van der Waals surface area contributed by atoms with Crippen molar-refractivity contribution in [1.82, 2.24) is 4.90 Å². The van der Waals surface area contributed by atoms with Crippen molar-refractivity contribution in [3.05, 3.63) is 59.7 Å². The molecular weight excluding hydrogens is 438 g/mol. The smallest absolute Gasteiger partial charge is 0.255 e. The van der Waals surface area contributed by atoms with Crippen LogP contribution >= 0.6 is 0 Å². The highest BCUT2D eigenvalue weighted by Gasteiger charge is 2.42. The maximum Gasteiger partial charge on any atom is 0.255 e. The Bertz CT molecular complexity index is 1000. The third-order valence-corrected chi connectivity index (χ3v) is 7.91. The van der Waals surface area contributed by atoms with Crippen molar-refractivity contribution in [2.45, 2.75) is 58.3 Å². The highest BCUT2D eigenvalue weighted by molar-refractivity contribution is 6.04. The Labute approximate surface area is 209 Å². The van der Waals surface area contributed by atoms with Crippen LogP contribution in [0.25, 0.3) is 0 Å². The second-order valence-electron chi connectivity index (χ2n) is 11.4. The van der Waals surface area contributed by atoms with Crippen molar-refractivity contribution in [2.75, 3.05) is 43.0 Å². The summed E-state index contributed by atoms with van der Waals surface area (Å²) in [7, 11) is 0. The minimum absolute atomic E-state index is 0.0621. The summed E-state index contributed by atoms with van der Waals surface area (Å²) in [5.74, 6) is 0.592.